The lowest BCUT2D eigenvalue weighted by atomic mass is 10.0. The molecule has 1 aromatic rings. The zero-order valence-corrected chi connectivity index (χ0v) is 12.4. The molecule has 1 fully saturated rings. The van der Waals surface area contributed by atoms with Gasteiger partial charge in [0, 0.05) is 44.5 Å². The van der Waals surface area contributed by atoms with Gasteiger partial charge in [-0.15, -0.1) is 0 Å². The summed E-state index contributed by atoms with van der Waals surface area (Å²) in [5.41, 5.74) is 1.28. The molecule has 1 saturated heterocycles. The number of nitrogens with one attached hydrogen (secondary N) is 1. The van der Waals surface area contributed by atoms with Crippen molar-refractivity contribution in [1.82, 2.24) is 15.2 Å². The maximum absolute atomic E-state index is 4.58. The monoisotopic (exact) mass is 262 g/mol. The minimum absolute atomic E-state index is 0.619. The lowest BCUT2D eigenvalue weighted by Gasteiger charge is -2.37. The Bertz CT molecular complexity index is 385. The second kappa shape index (κ2) is 6.87. The van der Waals surface area contributed by atoms with E-state index >= 15 is 0 Å². The summed E-state index contributed by atoms with van der Waals surface area (Å²) in [6.07, 6.45) is 4.37. The molecule has 0 amide bonds. The van der Waals surface area contributed by atoms with Crippen molar-refractivity contribution in [1.29, 1.82) is 0 Å². The van der Waals surface area contributed by atoms with E-state index in [1.54, 1.807) is 0 Å². The van der Waals surface area contributed by atoms with E-state index in [0.29, 0.717) is 6.04 Å². The number of piperidine rings is 1. The predicted octanol–water partition coefficient (Wildman–Crippen LogP) is 1.72. The van der Waals surface area contributed by atoms with E-state index in [1.165, 1.54) is 38.0 Å². The zero-order chi connectivity index (χ0) is 13.7. The van der Waals surface area contributed by atoms with Gasteiger partial charge in [0.05, 0.1) is 0 Å². The minimum Gasteiger partial charge on any atom is -0.356 e. The fourth-order valence-corrected chi connectivity index (χ4v) is 2.87. The van der Waals surface area contributed by atoms with Gasteiger partial charge in [-0.2, -0.15) is 0 Å². The third kappa shape index (κ3) is 3.45. The molecular weight excluding hydrogens is 236 g/mol. The molecule has 19 heavy (non-hydrogen) atoms. The van der Waals surface area contributed by atoms with E-state index in [2.05, 4.69) is 40.1 Å². The fraction of sp³-hybridized carbons (Fsp3) is 0.667. The molecule has 0 radical (unpaired) electrons. The van der Waals surface area contributed by atoms with Crippen molar-refractivity contribution in [2.75, 3.05) is 38.6 Å². The molecule has 2 heterocycles. The number of hydrogen-bond donors (Lipinski definition) is 1. The molecule has 1 aliphatic rings. The fourth-order valence-electron chi connectivity index (χ4n) is 2.87. The van der Waals surface area contributed by atoms with Gasteiger partial charge in [0.1, 0.15) is 5.82 Å². The van der Waals surface area contributed by atoms with Crippen LogP contribution < -0.4 is 10.2 Å². The number of rotatable bonds is 5. The second-order valence-electron chi connectivity index (χ2n) is 5.29. The highest BCUT2D eigenvalue weighted by Crippen LogP contribution is 2.23. The van der Waals surface area contributed by atoms with Crippen LogP contribution in [0.1, 0.15) is 25.3 Å². The Morgan fingerprint density at radius 1 is 1.42 bits per heavy atom. The van der Waals surface area contributed by atoms with Crippen molar-refractivity contribution in [3.05, 3.63) is 23.9 Å². The minimum atomic E-state index is 0.619. The summed E-state index contributed by atoms with van der Waals surface area (Å²) in [4.78, 5) is 9.48. The summed E-state index contributed by atoms with van der Waals surface area (Å²) in [5, 5.41) is 3.22. The quantitative estimate of drug-likeness (QED) is 0.875. The Hall–Kier alpha value is -1.13. The van der Waals surface area contributed by atoms with Crippen molar-refractivity contribution in [3.63, 3.8) is 0 Å². The van der Waals surface area contributed by atoms with Crippen LogP contribution in [0.15, 0.2) is 18.3 Å². The van der Waals surface area contributed by atoms with Crippen molar-refractivity contribution in [3.8, 4) is 0 Å². The summed E-state index contributed by atoms with van der Waals surface area (Å²) < 4.78 is 0. The first-order valence-corrected chi connectivity index (χ1v) is 7.30. The number of anilines is 1. The molecule has 0 saturated carbocycles. The predicted molar refractivity (Wildman–Crippen MR) is 80.5 cm³/mol. The van der Waals surface area contributed by atoms with Gasteiger partial charge in [0.15, 0.2) is 0 Å². The summed E-state index contributed by atoms with van der Waals surface area (Å²) in [7, 11) is 4.17. The highest BCUT2D eigenvalue weighted by atomic mass is 15.2. The molecule has 0 aromatic carbocycles. The van der Waals surface area contributed by atoms with E-state index < -0.39 is 0 Å². The standard InChI is InChI=1S/C15H26N4/c1-4-19-10-7-14(8-11-19)18(3)15-13(12-16-2)6-5-9-17-15/h5-6,9,14,16H,4,7-8,10-12H2,1-3H3. The second-order valence-corrected chi connectivity index (χ2v) is 5.29. The van der Waals surface area contributed by atoms with Gasteiger partial charge in [-0.05, 0) is 32.5 Å². The molecular formula is C15H26N4. The van der Waals surface area contributed by atoms with Crippen molar-refractivity contribution >= 4 is 5.82 Å². The molecule has 0 bridgehead atoms. The van der Waals surface area contributed by atoms with E-state index in [4.69, 9.17) is 0 Å². The van der Waals surface area contributed by atoms with Crippen LogP contribution in [0.25, 0.3) is 0 Å². The van der Waals surface area contributed by atoms with Crippen molar-refractivity contribution < 1.29 is 0 Å². The Balaban J connectivity index is 2.05. The highest BCUT2D eigenvalue weighted by Gasteiger charge is 2.23. The van der Waals surface area contributed by atoms with Gasteiger partial charge in [-0.1, -0.05) is 13.0 Å². The van der Waals surface area contributed by atoms with E-state index in [0.717, 1.165) is 12.4 Å². The molecule has 0 aliphatic carbocycles. The maximum atomic E-state index is 4.58. The molecule has 0 atom stereocenters. The molecule has 0 spiro atoms. The van der Waals surface area contributed by atoms with E-state index in [9.17, 15) is 0 Å². The van der Waals surface area contributed by atoms with Crippen LogP contribution in [-0.4, -0.2) is 49.7 Å². The highest BCUT2D eigenvalue weighted by molar-refractivity contribution is 5.47. The lowest BCUT2D eigenvalue weighted by Crippen LogP contribution is -2.43. The molecule has 4 heteroatoms. The average molecular weight is 262 g/mol. The number of pyridine rings is 1. The smallest absolute Gasteiger partial charge is 0.133 e. The van der Waals surface area contributed by atoms with Crippen LogP contribution in [0.5, 0.6) is 0 Å². The molecule has 1 aliphatic heterocycles. The third-order valence-corrected chi connectivity index (χ3v) is 4.12. The number of nitrogens with zero attached hydrogens (tertiary/aromatic N) is 3. The Kier molecular flexibility index (Phi) is 5.16. The number of hydrogen-bond acceptors (Lipinski definition) is 4. The molecule has 106 valence electrons. The first kappa shape index (κ1) is 14.3. The van der Waals surface area contributed by atoms with Gasteiger partial charge in [-0.25, -0.2) is 4.98 Å². The van der Waals surface area contributed by atoms with E-state index in [1.807, 2.05) is 19.3 Å². The van der Waals surface area contributed by atoms with Crippen LogP contribution in [0, 0.1) is 0 Å². The SMILES string of the molecule is CCN1CCC(N(C)c2ncccc2CNC)CC1. The van der Waals surface area contributed by atoms with Crippen LogP contribution in [0.4, 0.5) is 5.82 Å². The van der Waals surface area contributed by atoms with Crippen molar-refractivity contribution in [2.45, 2.75) is 32.4 Å². The van der Waals surface area contributed by atoms with Crippen LogP contribution >= 0.6 is 0 Å². The Labute approximate surface area is 116 Å². The maximum Gasteiger partial charge on any atom is 0.133 e. The first-order valence-electron chi connectivity index (χ1n) is 7.30. The Morgan fingerprint density at radius 2 is 2.16 bits per heavy atom. The van der Waals surface area contributed by atoms with Crippen LogP contribution in [0.2, 0.25) is 0 Å². The average Bonchev–Trinajstić information content (AvgIpc) is 2.47. The summed E-state index contributed by atoms with van der Waals surface area (Å²) >= 11 is 0. The topological polar surface area (TPSA) is 31.4 Å². The first-order chi connectivity index (χ1) is 9.26. The summed E-state index contributed by atoms with van der Waals surface area (Å²) in [6.45, 7) is 6.71. The normalized spacial score (nSPS) is 17.6. The Morgan fingerprint density at radius 3 is 2.79 bits per heavy atom. The third-order valence-electron chi connectivity index (χ3n) is 4.12. The van der Waals surface area contributed by atoms with Crippen LogP contribution in [-0.2, 0) is 6.54 Å². The van der Waals surface area contributed by atoms with Gasteiger partial charge in [-0.3, -0.25) is 0 Å². The molecule has 1 aromatic heterocycles. The van der Waals surface area contributed by atoms with Gasteiger partial charge in [0.2, 0.25) is 0 Å². The molecule has 1 N–H and O–H groups in total. The zero-order valence-electron chi connectivity index (χ0n) is 12.4. The van der Waals surface area contributed by atoms with Gasteiger partial charge in [0.25, 0.3) is 0 Å². The van der Waals surface area contributed by atoms with E-state index in [-0.39, 0.29) is 0 Å². The summed E-state index contributed by atoms with van der Waals surface area (Å²) in [6, 6.07) is 4.80. The molecule has 0 unspecified atom stereocenters. The largest absolute Gasteiger partial charge is 0.356 e. The number of aromatic nitrogens is 1. The van der Waals surface area contributed by atoms with Gasteiger partial charge < -0.3 is 15.1 Å². The number of likely N-dealkylation sites (tertiary alicyclic amines) is 1. The van der Waals surface area contributed by atoms with Gasteiger partial charge >= 0.3 is 0 Å². The lowest BCUT2D eigenvalue weighted by molar-refractivity contribution is 0.220. The molecule has 2 rings (SSSR count). The molecule has 4 nitrogen and oxygen atoms in total. The van der Waals surface area contributed by atoms with Crippen molar-refractivity contribution in [2.24, 2.45) is 0 Å². The van der Waals surface area contributed by atoms with Crippen LogP contribution in [0.3, 0.4) is 0 Å². The summed E-state index contributed by atoms with van der Waals surface area (Å²) in [5.74, 6) is 1.13.